The van der Waals surface area contributed by atoms with Gasteiger partial charge in [-0.1, -0.05) is 0 Å². The van der Waals surface area contributed by atoms with Crippen LogP contribution in [-0.4, -0.2) is 13.1 Å². The molecule has 1 saturated heterocycles. The van der Waals surface area contributed by atoms with Crippen LogP contribution in [0, 0.1) is 25.5 Å². The number of nitrogens with one attached hydrogen (secondary N) is 1. The predicted molar refractivity (Wildman–Crippen MR) is 60.7 cm³/mol. The summed E-state index contributed by atoms with van der Waals surface area (Å²) >= 11 is 0. The van der Waals surface area contributed by atoms with E-state index in [9.17, 15) is 8.78 Å². The van der Waals surface area contributed by atoms with Crippen LogP contribution >= 0.6 is 0 Å². The van der Waals surface area contributed by atoms with E-state index in [0.29, 0.717) is 5.56 Å². The van der Waals surface area contributed by atoms with Crippen LogP contribution in [0.2, 0.25) is 0 Å². The minimum atomic E-state index is -0.427. The summed E-state index contributed by atoms with van der Waals surface area (Å²) < 4.78 is 27.3. The summed E-state index contributed by atoms with van der Waals surface area (Å²) in [6.45, 7) is 5.06. The van der Waals surface area contributed by atoms with E-state index in [1.54, 1.807) is 6.92 Å². The summed E-state index contributed by atoms with van der Waals surface area (Å²) in [5.41, 5.74) is 1.56. The fraction of sp³-hybridized carbons (Fsp3) is 0.538. The molecule has 1 unspecified atom stereocenters. The molecule has 1 heterocycles. The molecule has 0 radical (unpaired) electrons. The number of hydrogen-bond donors (Lipinski definition) is 1. The molecule has 0 saturated carbocycles. The molecule has 1 atom stereocenters. The molecule has 0 spiro atoms. The van der Waals surface area contributed by atoms with Gasteiger partial charge in [0, 0.05) is 12.1 Å². The molecule has 88 valence electrons. The minimum absolute atomic E-state index is 0.130. The first kappa shape index (κ1) is 11.5. The molecule has 1 fully saturated rings. The average molecular weight is 225 g/mol. The Bertz CT molecular complexity index is 395. The predicted octanol–water partition coefficient (Wildman–Crippen LogP) is 3.05. The summed E-state index contributed by atoms with van der Waals surface area (Å²) in [7, 11) is 0. The van der Waals surface area contributed by atoms with E-state index in [4.69, 9.17) is 0 Å². The van der Waals surface area contributed by atoms with Crippen LogP contribution in [0.15, 0.2) is 6.07 Å². The van der Waals surface area contributed by atoms with Crippen molar-refractivity contribution in [2.24, 2.45) is 0 Å². The lowest BCUT2D eigenvalue weighted by atomic mass is 9.87. The van der Waals surface area contributed by atoms with Crippen molar-refractivity contribution in [1.82, 2.24) is 5.32 Å². The van der Waals surface area contributed by atoms with Gasteiger partial charge in [-0.15, -0.1) is 0 Å². The molecule has 1 aliphatic rings. The van der Waals surface area contributed by atoms with Crippen molar-refractivity contribution in [3.63, 3.8) is 0 Å². The molecule has 3 heteroatoms. The quantitative estimate of drug-likeness (QED) is 0.774. The number of benzene rings is 1. The first-order valence-corrected chi connectivity index (χ1v) is 5.77. The Morgan fingerprint density at radius 1 is 1.25 bits per heavy atom. The van der Waals surface area contributed by atoms with Crippen molar-refractivity contribution in [3.8, 4) is 0 Å². The van der Waals surface area contributed by atoms with Gasteiger partial charge in [-0.2, -0.15) is 0 Å². The summed E-state index contributed by atoms with van der Waals surface area (Å²) in [6, 6.07) is 1.51. The molecule has 1 aromatic carbocycles. The third-order valence-corrected chi connectivity index (χ3v) is 3.47. The highest BCUT2D eigenvalue weighted by Crippen LogP contribution is 2.29. The fourth-order valence-corrected chi connectivity index (χ4v) is 2.41. The van der Waals surface area contributed by atoms with Crippen molar-refractivity contribution in [3.05, 3.63) is 34.4 Å². The molecule has 0 aliphatic carbocycles. The molecule has 16 heavy (non-hydrogen) atoms. The largest absolute Gasteiger partial charge is 0.316 e. The van der Waals surface area contributed by atoms with Gasteiger partial charge >= 0.3 is 0 Å². The van der Waals surface area contributed by atoms with E-state index in [0.717, 1.165) is 31.5 Å². The summed E-state index contributed by atoms with van der Waals surface area (Å²) in [5.74, 6) is -0.567. The number of rotatable bonds is 1. The Kier molecular flexibility index (Phi) is 3.24. The van der Waals surface area contributed by atoms with Crippen LogP contribution in [-0.2, 0) is 0 Å². The van der Waals surface area contributed by atoms with Crippen LogP contribution in [0.5, 0.6) is 0 Å². The van der Waals surface area contributed by atoms with Crippen LogP contribution in [0.1, 0.15) is 35.4 Å². The summed E-state index contributed by atoms with van der Waals surface area (Å²) in [4.78, 5) is 0. The highest BCUT2D eigenvalue weighted by Gasteiger charge is 2.21. The van der Waals surface area contributed by atoms with Gasteiger partial charge in [0.25, 0.3) is 0 Å². The van der Waals surface area contributed by atoms with Gasteiger partial charge in [0.15, 0.2) is 0 Å². The maximum absolute atomic E-state index is 13.7. The smallest absolute Gasteiger partial charge is 0.132 e. The Hall–Kier alpha value is -0.960. The summed E-state index contributed by atoms with van der Waals surface area (Å²) in [6.07, 6.45) is 2.08. The number of hydrogen-bond acceptors (Lipinski definition) is 1. The lowest BCUT2D eigenvalue weighted by molar-refractivity contribution is 0.454. The lowest BCUT2D eigenvalue weighted by Gasteiger charge is -2.25. The van der Waals surface area contributed by atoms with Crippen LogP contribution < -0.4 is 5.32 Å². The molecule has 2 rings (SSSR count). The zero-order chi connectivity index (χ0) is 11.7. The molecule has 0 amide bonds. The highest BCUT2D eigenvalue weighted by atomic mass is 19.1. The van der Waals surface area contributed by atoms with E-state index in [-0.39, 0.29) is 17.3 Å². The lowest BCUT2D eigenvalue weighted by Crippen LogP contribution is -2.29. The van der Waals surface area contributed by atoms with Gasteiger partial charge in [0.2, 0.25) is 0 Å². The maximum atomic E-state index is 13.7. The molecular weight excluding hydrogens is 208 g/mol. The molecule has 0 bridgehead atoms. The van der Waals surface area contributed by atoms with E-state index in [1.807, 2.05) is 0 Å². The van der Waals surface area contributed by atoms with E-state index < -0.39 is 5.82 Å². The third-order valence-electron chi connectivity index (χ3n) is 3.47. The SMILES string of the molecule is Cc1c(F)cc(C2CCCNC2)c(C)c1F. The first-order valence-electron chi connectivity index (χ1n) is 5.77. The topological polar surface area (TPSA) is 12.0 Å². The second kappa shape index (κ2) is 4.50. The zero-order valence-corrected chi connectivity index (χ0v) is 9.74. The molecule has 0 aromatic heterocycles. The fourth-order valence-electron chi connectivity index (χ4n) is 2.41. The van der Waals surface area contributed by atoms with E-state index in [2.05, 4.69) is 5.32 Å². The molecular formula is C13H17F2N. The molecule has 1 N–H and O–H groups in total. The van der Waals surface area contributed by atoms with Crippen molar-refractivity contribution < 1.29 is 8.78 Å². The Morgan fingerprint density at radius 3 is 2.62 bits per heavy atom. The van der Waals surface area contributed by atoms with Crippen molar-refractivity contribution in [2.45, 2.75) is 32.6 Å². The zero-order valence-electron chi connectivity index (χ0n) is 9.74. The van der Waals surface area contributed by atoms with Gasteiger partial charge in [0.05, 0.1) is 0 Å². The second-order valence-corrected chi connectivity index (χ2v) is 4.55. The van der Waals surface area contributed by atoms with Gasteiger partial charge in [-0.3, -0.25) is 0 Å². The minimum Gasteiger partial charge on any atom is -0.316 e. The van der Waals surface area contributed by atoms with Crippen molar-refractivity contribution in [1.29, 1.82) is 0 Å². The Labute approximate surface area is 94.9 Å². The average Bonchev–Trinajstić information content (AvgIpc) is 2.32. The van der Waals surface area contributed by atoms with Crippen LogP contribution in [0.3, 0.4) is 0 Å². The van der Waals surface area contributed by atoms with Crippen LogP contribution in [0.25, 0.3) is 0 Å². The van der Waals surface area contributed by atoms with Crippen LogP contribution in [0.4, 0.5) is 8.78 Å². The van der Waals surface area contributed by atoms with Gasteiger partial charge in [-0.05, 0) is 56.3 Å². The monoisotopic (exact) mass is 225 g/mol. The second-order valence-electron chi connectivity index (χ2n) is 4.55. The van der Waals surface area contributed by atoms with Gasteiger partial charge in [-0.25, -0.2) is 8.78 Å². The molecule has 1 aliphatic heterocycles. The highest BCUT2D eigenvalue weighted by molar-refractivity contribution is 5.36. The number of piperidine rings is 1. The standard InChI is InChI=1S/C13H17F2N/c1-8-11(10-4-3-5-16-7-10)6-12(14)9(2)13(8)15/h6,10,16H,3-5,7H2,1-2H3. The molecule has 1 nitrogen and oxygen atoms in total. The Morgan fingerprint density at radius 2 is 2.00 bits per heavy atom. The van der Waals surface area contributed by atoms with Crippen molar-refractivity contribution in [2.75, 3.05) is 13.1 Å². The Balaban J connectivity index is 2.40. The third kappa shape index (κ3) is 1.96. The van der Waals surface area contributed by atoms with Crippen molar-refractivity contribution >= 4 is 0 Å². The number of halogens is 2. The summed E-state index contributed by atoms with van der Waals surface area (Å²) in [5, 5.41) is 3.27. The normalized spacial score (nSPS) is 21.1. The van der Waals surface area contributed by atoms with E-state index >= 15 is 0 Å². The maximum Gasteiger partial charge on any atom is 0.132 e. The van der Waals surface area contributed by atoms with E-state index in [1.165, 1.54) is 13.0 Å². The first-order chi connectivity index (χ1) is 7.61. The molecule has 1 aromatic rings. The van der Waals surface area contributed by atoms with Gasteiger partial charge in [0.1, 0.15) is 11.6 Å². The van der Waals surface area contributed by atoms with Gasteiger partial charge < -0.3 is 5.32 Å².